The number of anilines is 1. The largest absolute Gasteiger partial charge is 0.394 e. The summed E-state index contributed by atoms with van der Waals surface area (Å²) in [5.41, 5.74) is 5.37. The Labute approximate surface area is 234 Å². The summed E-state index contributed by atoms with van der Waals surface area (Å²) in [5.74, 6) is 3.08. The van der Waals surface area contributed by atoms with Crippen LogP contribution in [0.3, 0.4) is 0 Å². The molecule has 0 radical (unpaired) electrons. The van der Waals surface area contributed by atoms with Gasteiger partial charge in [0.05, 0.1) is 18.4 Å². The Morgan fingerprint density at radius 3 is 2.48 bits per heavy atom. The number of aryl methyl sites for hydroxylation is 1. The minimum Gasteiger partial charge on any atom is -0.394 e. The van der Waals surface area contributed by atoms with Crippen molar-refractivity contribution in [2.45, 2.75) is 82.6 Å². The Hall–Kier alpha value is -2.39. The smallest absolute Gasteiger partial charge is 0.177 e. The Morgan fingerprint density at radius 1 is 1.07 bits per heavy atom. The first-order chi connectivity index (χ1) is 19.5. The van der Waals surface area contributed by atoms with Gasteiger partial charge in [-0.25, -0.2) is 9.97 Å². The highest BCUT2D eigenvalue weighted by atomic mass is 16.8. The summed E-state index contributed by atoms with van der Waals surface area (Å²) in [6.45, 7) is 4.99. The highest BCUT2D eigenvalue weighted by Gasteiger charge is 2.87. The lowest BCUT2D eigenvalue weighted by Gasteiger charge is -2.91. The molecule has 5 aliphatic carbocycles. The Bertz CT molecular complexity index is 1360. The van der Waals surface area contributed by atoms with Crippen molar-refractivity contribution in [1.82, 2.24) is 9.97 Å². The molecule has 40 heavy (non-hydrogen) atoms. The first-order valence-electron chi connectivity index (χ1n) is 15.2. The van der Waals surface area contributed by atoms with E-state index < -0.39 is 11.9 Å². The molecule has 4 saturated carbocycles. The minimum absolute atomic E-state index is 0.0537. The van der Waals surface area contributed by atoms with Crippen LogP contribution in [0.15, 0.2) is 35.6 Å². The zero-order chi connectivity index (χ0) is 26.9. The molecule has 2 spiro atoms. The van der Waals surface area contributed by atoms with Gasteiger partial charge in [-0.1, -0.05) is 31.2 Å². The van der Waals surface area contributed by atoms with Crippen molar-refractivity contribution in [1.29, 1.82) is 0 Å². The molecule has 3 heterocycles. The van der Waals surface area contributed by atoms with E-state index in [0.717, 1.165) is 54.3 Å². The van der Waals surface area contributed by atoms with Crippen LogP contribution in [-0.2, 0) is 27.1 Å². The summed E-state index contributed by atoms with van der Waals surface area (Å²) >= 11 is 0. The molecule has 7 unspecified atom stereocenters. The van der Waals surface area contributed by atoms with Crippen molar-refractivity contribution in [2.24, 2.45) is 39.5 Å². The SMILES string of the molecule is Cc1ncnc(NCC23CC4CC5CC(C2)C543)c1N=CC(C)C1OC(CO)C2OC3(Cc4ccccc4C3)OC12. The summed E-state index contributed by atoms with van der Waals surface area (Å²) in [4.78, 5) is 14.0. The van der Waals surface area contributed by atoms with E-state index in [2.05, 4.69) is 46.5 Å². The van der Waals surface area contributed by atoms with Crippen LogP contribution in [0.5, 0.6) is 0 Å². The third kappa shape index (κ3) is 2.93. The molecule has 2 aromatic rings. The summed E-state index contributed by atoms with van der Waals surface area (Å²) in [5, 5.41) is 13.8. The number of nitrogens with one attached hydrogen (secondary N) is 1. The van der Waals surface area contributed by atoms with E-state index in [1.165, 1.54) is 36.8 Å². The highest BCUT2D eigenvalue weighted by Crippen LogP contribution is 2.92. The van der Waals surface area contributed by atoms with Gasteiger partial charge in [0.15, 0.2) is 11.6 Å². The summed E-state index contributed by atoms with van der Waals surface area (Å²) in [7, 11) is 0. The number of aliphatic hydroxyl groups is 1. The van der Waals surface area contributed by atoms with Crippen molar-refractivity contribution in [3.8, 4) is 0 Å². The van der Waals surface area contributed by atoms with Crippen molar-refractivity contribution in [3.63, 3.8) is 0 Å². The van der Waals surface area contributed by atoms with E-state index in [1.54, 1.807) is 6.33 Å². The maximum Gasteiger partial charge on any atom is 0.177 e. The van der Waals surface area contributed by atoms with Crippen LogP contribution >= 0.6 is 0 Å². The number of nitrogens with zero attached hydrogens (tertiary/aromatic N) is 3. The minimum atomic E-state index is -0.674. The molecule has 8 nitrogen and oxygen atoms in total. The molecule has 7 aliphatic rings. The van der Waals surface area contributed by atoms with Crippen molar-refractivity contribution < 1.29 is 19.3 Å². The molecule has 1 aromatic carbocycles. The molecule has 2 N–H and O–H groups in total. The van der Waals surface area contributed by atoms with Crippen molar-refractivity contribution >= 4 is 17.7 Å². The predicted octanol–water partition coefficient (Wildman–Crippen LogP) is 4.01. The molecule has 9 rings (SSSR count). The van der Waals surface area contributed by atoms with Crippen LogP contribution in [0, 0.1) is 41.4 Å². The summed E-state index contributed by atoms with van der Waals surface area (Å²) in [6, 6.07) is 8.43. The van der Waals surface area contributed by atoms with Crippen LogP contribution in [0.2, 0.25) is 0 Å². The van der Waals surface area contributed by atoms with Gasteiger partial charge in [0.2, 0.25) is 0 Å². The lowest BCUT2D eigenvalue weighted by atomic mass is 9.13. The molecule has 0 amide bonds. The molecule has 210 valence electrons. The zero-order valence-corrected chi connectivity index (χ0v) is 23.3. The van der Waals surface area contributed by atoms with Crippen LogP contribution in [0.1, 0.15) is 49.4 Å². The third-order valence-corrected chi connectivity index (χ3v) is 12.2. The Balaban J connectivity index is 0.919. The standard InChI is InChI=1S/C32H38N4O4/c1-17(26-28-27(24(14-37)38-26)39-31(40-28)9-19-5-3-4-6-20(19)10-31)13-33-25-18(2)35-16-36-29(25)34-15-30-11-22-7-21-8-23(12-30)32(21,22)30/h3-6,13,16-17,21-24,26-28,37H,7-12,14-15H2,1-2H3,(H,34,35,36). The highest BCUT2D eigenvalue weighted by molar-refractivity contribution is 5.73. The second-order valence-corrected chi connectivity index (χ2v) is 13.9. The molecule has 6 fully saturated rings. The van der Waals surface area contributed by atoms with Gasteiger partial charge in [0.1, 0.15) is 30.3 Å². The molecular weight excluding hydrogens is 504 g/mol. The number of rotatable bonds is 7. The van der Waals surface area contributed by atoms with Gasteiger partial charge in [-0.3, -0.25) is 4.99 Å². The molecular formula is C32H38N4O4. The van der Waals surface area contributed by atoms with E-state index in [0.29, 0.717) is 10.8 Å². The molecule has 1 aromatic heterocycles. The fourth-order valence-corrected chi connectivity index (χ4v) is 10.6. The van der Waals surface area contributed by atoms with Gasteiger partial charge in [0.25, 0.3) is 0 Å². The van der Waals surface area contributed by atoms with Crippen LogP contribution in [0.4, 0.5) is 11.5 Å². The summed E-state index contributed by atoms with van der Waals surface area (Å²) < 4.78 is 19.5. The van der Waals surface area contributed by atoms with Crippen LogP contribution in [0.25, 0.3) is 0 Å². The van der Waals surface area contributed by atoms with Gasteiger partial charge in [-0.05, 0) is 72.3 Å². The molecule has 8 heteroatoms. The number of ether oxygens (including phenoxy) is 3. The number of aliphatic hydroxyl groups excluding tert-OH is 1. The van der Waals surface area contributed by atoms with Crippen LogP contribution in [-0.4, -0.2) is 64.6 Å². The second-order valence-electron chi connectivity index (χ2n) is 13.9. The number of aliphatic imine (C=N–C) groups is 1. The van der Waals surface area contributed by atoms with E-state index in [1.807, 2.05) is 13.1 Å². The van der Waals surface area contributed by atoms with E-state index >= 15 is 0 Å². The molecule has 2 aliphatic heterocycles. The monoisotopic (exact) mass is 542 g/mol. The van der Waals surface area contributed by atoms with E-state index in [4.69, 9.17) is 19.2 Å². The zero-order valence-electron chi connectivity index (χ0n) is 23.3. The topological polar surface area (TPSA) is 98.1 Å². The molecule has 0 bridgehead atoms. The lowest BCUT2D eigenvalue weighted by molar-refractivity contribution is -0.426. The second kappa shape index (κ2) is 8.12. The number of benzene rings is 1. The third-order valence-electron chi connectivity index (χ3n) is 12.2. The maximum absolute atomic E-state index is 10.1. The van der Waals surface area contributed by atoms with Crippen molar-refractivity contribution in [2.75, 3.05) is 18.5 Å². The van der Waals surface area contributed by atoms with Gasteiger partial charge in [0, 0.05) is 31.5 Å². The number of aromatic nitrogens is 2. The first-order valence-corrected chi connectivity index (χ1v) is 15.2. The fourth-order valence-electron chi connectivity index (χ4n) is 10.6. The lowest BCUT2D eigenvalue weighted by Crippen LogP contribution is -2.86. The van der Waals surface area contributed by atoms with Gasteiger partial charge < -0.3 is 24.6 Å². The van der Waals surface area contributed by atoms with Crippen molar-refractivity contribution in [3.05, 3.63) is 47.4 Å². The molecule has 7 atom stereocenters. The average Bonchev–Trinajstić information content (AvgIpc) is 3.56. The summed E-state index contributed by atoms with van der Waals surface area (Å²) in [6.07, 6.45) is 9.53. The fraction of sp³-hybridized carbons (Fsp3) is 0.656. The quantitative estimate of drug-likeness (QED) is 0.510. The number of hydrogen-bond acceptors (Lipinski definition) is 8. The van der Waals surface area contributed by atoms with E-state index in [-0.39, 0.29) is 30.8 Å². The van der Waals surface area contributed by atoms with E-state index in [9.17, 15) is 5.11 Å². The van der Waals surface area contributed by atoms with Gasteiger partial charge in [-0.2, -0.15) is 0 Å². The average molecular weight is 543 g/mol. The first kappa shape index (κ1) is 24.2. The maximum atomic E-state index is 10.1. The van der Waals surface area contributed by atoms with Crippen LogP contribution < -0.4 is 5.32 Å². The Kier molecular flexibility index (Phi) is 4.92. The Morgan fingerprint density at radius 2 is 1.80 bits per heavy atom. The predicted molar refractivity (Wildman–Crippen MR) is 148 cm³/mol. The molecule has 2 saturated heterocycles. The normalized spacial score (nSPS) is 43.1. The number of fused-ring (bicyclic) bond motifs is 2. The number of hydrogen-bond donors (Lipinski definition) is 2. The van der Waals surface area contributed by atoms with Gasteiger partial charge in [-0.15, -0.1) is 0 Å². The van der Waals surface area contributed by atoms with Gasteiger partial charge >= 0.3 is 0 Å².